The van der Waals surface area contributed by atoms with Crippen molar-refractivity contribution < 1.29 is 9.90 Å². The molecule has 0 spiro atoms. The van der Waals surface area contributed by atoms with Crippen LogP contribution in [0.2, 0.25) is 0 Å². The van der Waals surface area contributed by atoms with Gasteiger partial charge in [-0.05, 0) is 44.9 Å². The number of carbonyl (C=O) groups excluding carboxylic acids is 1. The van der Waals surface area contributed by atoms with E-state index in [2.05, 4.69) is 31.2 Å². The second-order valence-electron chi connectivity index (χ2n) is 4.65. The van der Waals surface area contributed by atoms with Crippen molar-refractivity contribution in [2.24, 2.45) is 0 Å². The van der Waals surface area contributed by atoms with E-state index in [0.717, 1.165) is 32.1 Å². The van der Waals surface area contributed by atoms with Gasteiger partial charge in [-0.2, -0.15) is 0 Å². The minimum Gasteiger partial charge on any atom is -0.550 e. The molecule has 0 saturated heterocycles. The van der Waals surface area contributed by atoms with Gasteiger partial charge in [-0.15, -0.1) is 0 Å². The molecular weight excluding hydrogens is 224 g/mol. The van der Waals surface area contributed by atoms with Crippen molar-refractivity contribution in [1.29, 1.82) is 0 Å². The monoisotopic (exact) mass is 251 g/mol. The summed E-state index contributed by atoms with van der Waals surface area (Å²) in [5.74, 6) is -0.932. The third-order valence-corrected chi connectivity index (χ3v) is 2.83. The van der Waals surface area contributed by atoms with Crippen LogP contribution >= 0.6 is 0 Å². The molecule has 0 N–H and O–H groups in total. The number of carboxylic acid groups (broad SMARTS) is 1. The van der Waals surface area contributed by atoms with E-state index < -0.39 is 5.97 Å². The average molecular weight is 251 g/mol. The van der Waals surface area contributed by atoms with Crippen molar-refractivity contribution in [2.75, 3.05) is 0 Å². The van der Waals surface area contributed by atoms with Crippen LogP contribution in [-0.4, -0.2) is 5.97 Å². The zero-order valence-electron chi connectivity index (χ0n) is 11.7. The van der Waals surface area contributed by atoms with Gasteiger partial charge in [-0.25, -0.2) is 0 Å². The Kier molecular flexibility index (Phi) is 13.2. The van der Waals surface area contributed by atoms with Crippen LogP contribution in [0, 0.1) is 0 Å². The van der Waals surface area contributed by atoms with Gasteiger partial charge in [0, 0.05) is 5.97 Å². The van der Waals surface area contributed by atoms with Crippen molar-refractivity contribution in [2.45, 2.75) is 71.1 Å². The zero-order valence-corrected chi connectivity index (χ0v) is 11.7. The van der Waals surface area contributed by atoms with Crippen molar-refractivity contribution in [3.05, 3.63) is 24.3 Å². The van der Waals surface area contributed by atoms with E-state index in [1.54, 1.807) is 0 Å². The zero-order chi connectivity index (χ0) is 13.5. The topological polar surface area (TPSA) is 40.1 Å². The van der Waals surface area contributed by atoms with E-state index >= 15 is 0 Å². The predicted molar refractivity (Wildman–Crippen MR) is 75.1 cm³/mol. The molecule has 0 aliphatic heterocycles. The molecule has 0 fully saturated rings. The number of aliphatic carboxylic acids is 1. The maximum absolute atomic E-state index is 10.2. The Bertz CT molecular complexity index is 241. The lowest BCUT2D eigenvalue weighted by Gasteiger charge is -1.99. The van der Waals surface area contributed by atoms with Gasteiger partial charge in [0.1, 0.15) is 0 Å². The molecule has 0 atom stereocenters. The molecule has 0 unspecified atom stereocenters. The lowest BCUT2D eigenvalue weighted by Crippen LogP contribution is -2.21. The Labute approximate surface area is 112 Å². The van der Waals surface area contributed by atoms with E-state index in [1.807, 2.05) is 0 Å². The molecule has 2 heteroatoms. The molecule has 0 rings (SSSR count). The lowest BCUT2D eigenvalue weighted by molar-refractivity contribution is -0.305. The van der Waals surface area contributed by atoms with Gasteiger partial charge >= 0.3 is 0 Å². The van der Waals surface area contributed by atoms with E-state index in [-0.39, 0.29) is 6.42 Å². The van der Waals surface area contributed by atoms with Crippen molar-refractivity contribution >= 4 is 5.97 Å². The molecule has 104 valence electrons. The van der Waals surface area contributed by atoms with Gasteiger partial charge in [0.15, 0.2) is 0 Å². The van der Waals surface area contributed by atoms with Crippen molar-refractivity contribution in [3.63, 3.8) is 0 Å². The Balaban J connectivity index is 3.20. The van der Waals surface area contributed by atoms with Crippen LogP contribution in [0.3, 0.4) is 0 Å². The maximum Gasteiger partial charge on any atom is 0.0414 e. The Morgan fingerprint density at radius 1 is 0.889 bits per heavy atom. The molecule has 0 aliphatic rings. The number of hydrogen-bond donors (Lipinski definition) is 0. The first-order valence-corrected chi connectivity index (χ1v) is 7.27. The molecular formula is C16H27O2-. The highest BCUT2D eigenvalue weighted by Gasteiger charge is 1.88. The fourth-order valence-electron chi connectivity index (χ4n) is 1.73. The number of unbranched alkanes of at least 4 members (excludes halogenated alkanes) is 6. The standard InChI is InChI=1S/C16H28O2/c1-2-3-4-5-6-7-8-9-10-11-12-13-14-15-16(17)18/h6-7,9-10H,2-5,8,11-15H2,1H3,(H,17,18)/p-1/b7-6+,10-9+. The molecule has 0 radical (unpaired) electrons. The maximum atomic E-state index is 10.2. The molecule has 0 aromatic rings. The summed E-state index contributed by atoms with van der Waals surface area (Å²) in [6.45, 7) is 2.22. The smallest absolute Gasteiger partial charge is 0.0414 e. The van der Waals surface area contributed by atoms with E-state index in [1.165, 1.54) is 25.7 Å². The summed E-state index contributed by atoms with van der Waals surface area (Å²) >= 11 is 0. The van der Waals surface area contributed by atoms with Gasteiger partial charge in [0.2, 0.25) is 0 Å². The van der Waals surface area contributed by atoms with Gasteiger partial charge in [0.25, 0.3) is 0 Å². The first-order valence-electron chi connectivity index (χ1n) is 7.27. The summed E-state index contributed by atoms with van der Waals surface area (Å²) in [6, 6.07) is 0. The minimum atomic E-state index is -0.932. The van der Waals surface area contributed by atoms with Gasteiger partial charge < -0.3 is 9.90 Å². The Morgan fingerprint density at radius 3 is 2.06 bits per heavy atom. The fraction of sp³-hybridized carbons (Fsp3) is 0.688. The first kappa shape index (κ1) is 16.9. The van der Waals surface area contributed by atoms with Crippen LogP contribution in [0.5, 0.6) is 0 Å². The summed E-state index contributed by atoms with van der Waals surface area (Å²) in [7, 11) is 0. The Morgan fingerprint density at radius 2 is 1.50 bits per heavy atom. The molecule has 18 heavy (non-hydrogen) atoms. The molecule has 0 aromatic carbocycles. The second kappa shape index (κ2) is 14.0. The molecule has 0 saturated carbocycles. The summed E-state index contributed by atoms with van der Waals surface area (Å²) in [5.41, 5.74) is 0. The number of carbonyl (C=O) groups is 1. The quantitative estimate of drug-likeness (QED) is 0.391. The van der Waals surface area contributed by atoms with Crippen LogP contribution in [0.4, 0.5) is 0 Å². The SMILES string of the molecule is CCCCC/C=C/C/C=C/CCCCCC(=O)[O-]. The lowest BCUT2D eigenvalue weighted by atomic mass is 10.1. The van der Waals surface area contributed by atoms with Crippen LogP contribution in [0.1, 0.15) is 71.1 Å². The summed E-state index contributed by atoms with van der Waals surface area (Å²) in [6.07, 6.45) is 19.0. The average Bonchev–Trinajstić information content (AvgIpc) is 2.34. The van der Waals surface area contributed by atoms with E-state index in [4.69, 9.17) is 0 Å². The summed E-state index contributed by atoms with van der Waals surface area (Å²) in [5, 5.41) is 10.2. The second-order valence-corrected chi connectivity index (χ2v) is 4.65. The highest BCUT2D eigenvalue weighted by atomic mass is 16.4. The van der Waals surface area contributed by atoms with E-state index in [9.17, 15) is 9.90 Å². The van der Waals surface area contributed by atoms with Crippen LogP contribution in [0.15, 0.2) is 24.3 Å². The largest absolute Gasteiger partial charge is 0.550 e. The van der Waals surface area contributed by atoms with Crippen LogP contribution in [0.25, 0.3) is 0 Å². The van der Waals surface area contributed by atoms with Crippen LogP contribution < -0.4 is 5.11 Å². The van der Waals surface area contributed by atoms with Gasteiger partial charge in [-0.3, -0.25) is 0 Å². The number of allylic oxidation sites excluding steroid dienone is 4. The molecule has 0 aliphatic carbocycles. The number of hydrogen-bond acceptors (Lipinski definition) is 2. The Hall–Kier alpha value is -1.05. The van der Waals surface area contributed by atoms with Crippen LogP contribution in [-0.2, 0) is 4.79 Å². The predicted octanol–water partition coefficient (Wildman–Crippen LogP) is 3.77. The van der Waals surface area contributed by atoms with Crippen molar-refractivity contribution in [1.82, 2.24) is 0 Å². The third kappa shape index (κ3) is 14.9. The normalized spacial score (nSPS) is 11.6. The molecule has 0 amide bonds. The highest BCUT2D eigenvalue weighted by Crippen LogP contribution is 2.04. The molecule has 0 heterocycles. The summed E-state index contributed by atoms with van der Waals surface area (Å²) < 4.78 is 0. The fourth-order valence-corrected chi connectivity index (χ4v) is 1.73. The molecule has 0 aromatic heterocycles. The van der Waals surface area contributed by atoms with Crippen molar-refractivity contribution in [3.8, 4) is 0 Å². The molecule has 2 nitrogen and oxygen atoms in total. The van der Waals surface area contributed by atoms with Gasteiger partial charge in [-0.1, -0.05) is 50.5 Å². The number of rotatable bonds is 12. The highest BCUT2D eigenvalue weighted by molar-refractivity contribution is 5.63. The first-order chi connectivity index (χ1) is 8.77. The third-order valence-electron chi connectivity index (χ3n) is 2.83. The minimum absolute atomic E-state index is 0.199. The molecule has 0 bridgehead atoms. The number of carboxylic acids is 1. The summed E-state index contributed by atoms with van der Waals surface area (Å²) in [4.78, 5) is 10.2. The van der Waals surface area contributed by atoms with E-state index in [0.29, 0.717) is 0 Å². The van der Waals surface area contributed by atoms with Gasteiger partial charge in [0.05, 0.1) is 0 Å².